The largest absolute Gasteiger partial charge is 0.383 e. The van der Waals surface area contributed by atoms with Crippen LogP contribution in [0.3, 0.4) is 0 Å². The third-order valence-corrected chi connectivity index (χ3v) is 4.67. The fraction of sp³-hybridized carbons (Fsp3) is 0.318. The molecule has 0 saturated heterocycles. The molecule has 5 nitrogen and oxygen atoms in total. The Morgan fingerprint density at radius 2 is 2.19 bits per heavy atom. The molecule has 1 fully saturated rings. The minimum absolute atomic E-state index is 0.0957. The van der Waals surface area contributed by atoms with Crippen LogP contribution in [0.15, 0.2) is 36.3 Å². The van der Waals surface area contributed by atoms with Crippen molar-refractivity contribution in [1.82, 2.24) is 15.3 Å². The Labute approximate surface area is 159 Å². The van der Waals surface area contributed by atoms with Gasteiger partial charge in [0.1, 0.15) is 5.82 Å². The summed E-state index contributed by atoms with van der Waals surface area (Å²) in [4.78, 5) is 21.0. The maximum atomic E-state index is 12.2. The van der Waals surface area contributed by atoms with Crippen LogP contribution >= 0.6 is 0 Å². The van der Waals surface area contributed by atoms with Crippen LogP contribution in [0.2, 0.25) is 0 Å². The first-order valence-electron chi connectivity index (χ1n) is 9.40. The van der Waals surface area contributed by atoms with Gasteiger partial charge >= 0.3 is 0 Å². The summed E-state index contributed by atoms with van der Waals surface area (Å²) in [7, 11) is 0. The van der Waals surface area contributed by atoms with Crippen molar-refractivity contribution in [2.24, 2.45) is 5.92 Å². The molecule has 1 aliphatic carbocycles. The Balaban J connectivity index is 2.11. The third-order valence-electron chi connectivity index (χ3n) is 4.67. The number of rotatable bonds is 5. The number of amides is 1. The Kier molecular flexibility index (Phi) is 5.69. The maximum Gasteiger partial charge on any atom is 0.227 e. The van der Waals surface area contributed by atoms with Crippen LogP contribution in [0.4, 0.5) is 5.82 Å². The molecule has 1 saturated carbocycles. The zero-order valence-electron chi connectivity index (χ0n) is 16.1. The molecule has 140 valence electrons. The van der Waals surface area contributed by atoms with Crippen molar-refractivity contribution in [2.75, 3.05) is 5.73 Å². The van der Waals surface area contributed by atoms with Gasteiger partial charge in [-0.15, -0.1) is 0 Å². The normalized spacial score (nSPS) is 15.9. The second kappa shape index (κ2) is 8.16. The summed E-state index contributed by atoms with van der Waals surface area (Å²) in [5.41, 5.74) is 9.85. The first kappa shape index (κ1) is 18.8. The lowest BCUT2D eigenvalue weighted by Gasteiger charge is -2.08. The topological polar surface area (TPSA) is 80.9 Å². The fourth-order valence-electron chi connectivity index (χ4n) is 3.02. The fourth-order valence-corrected chi connectivity index (χ4v) is 3.02. The zero-order valence-corrected chi connectivity index (χ0v) is 16.1. The number of carbonyl (C=O) groups excluding carboxylic acids is 1. The molecule has 0 atom stereocenters. The van der Waals surface area contributed by atoms with Gasteiger partial charge in [-0.05, 0) is 62.1 Å². The van der Waals surface area contributed by atoms with E-state index in [9.17, 15) is 4.79 Å². The molecule has 1 amide bonds. The van der Waals surface area contributed by atoms with Crippen molar-refractivity contribution < 1.29 is 4.79 Å². The molecule has 0 radical (unpaired) electrons. The lowest BCUT2D eigenvalue weighted by Crippen LogP contribution is -2.31. The molecule has 0 spiro atoms. The standard InChI is InChI=1S/C22H26N4O/c1-4-6-17(25-22(27)15-7-8-15)11-16-12-20(26-21(23)18(16)5-2)19-13-24-10-9-14(19)3/h5-6,9-13,15H,4,7-8H2,1-3H3,(H2,23,26)(H,25,27)/b16-11-,17-6-,18-5+. The molecule has 0 unspecified atom stereocenters. The van der Waals surface area contributed by atoms with Gasteiger partial charge in [0.05, 0.1) is 5.69 Å². The monoisotopic (exact) mass is 362 g/mol. The number of hydrogen-bond donors (Lipinski definition) is 2. The van der Waals surface area contributed by atoms with Gasteiger partial charge in [-0.25, -0.2) is 4.98 Å². The van der Waals surface area contributed by atoms with Crippen molar-refractivity contribution >= 4 is 23.9 Å². The molecule has 27 heavy (non-hydrogen) atoms. The van der Waals surface area contributed by atoms with E-state index >= 15 is 0 Å². The Morgan fingerprint density at radius 3 is 2.81 bits per heavy atom. The summed E-state index contributed by atoms with van der Waals surface area (Å²) in [6.45, 7) is 6.01. The van der Waals surface area contributed by atoms with Crippen LogP contribution in [0.5, 0.6) is 0 Å². The van der Waals surface area contributed by atoms with E-state index in [0.29, 0.717) is 5.82 Å². The quantitative estimate of drug-likeness (QED) is 0.856. The number of hydrogen-bond acceptors (Lipinski definition) is 4. The average molecular weight is 362 g/mol. The minimum atomic E-state index is 0.0957. The van der Waals surface area contributed by atoms with Gasteiger partial charge in [-0.1, -0.05) is 19.1 Å². The first-order valence-corrected chi connectivity index (χ1v) is 9.40. The smallest absolute Gasteiger partial charge is 0.227 e. The molecule has 5 heteroatoms. The van der Waals surface area contributed by atoms with E-state index in [4.69, 9.17) is 5.73 Å². The van der Waals surface area contributed by atoms with E-state index in [1.807, 2.05) is 44.2 Å². The molecule has 0 bridgehead atoms. The highest BCUT2D eigenvalue weighted by molar-refractivity contribution is 5.84. The van der Waals surface area contributed by atoms with Crippen LogP contribution in [-0.4, -0.2) is 15.9 Å². The van der Waals surface area contributed by atoms with Crippen molar-refractivity contribution in [3.05, 3.63) is 52.3 Å². The number of nitrogen functional groups attached to an aromatic ring is 1. The number of nitrogens with zero attached hydrogens (tertiary/aromatic N) is 2. The lowest BCUT2D eigenvalue weighted by molar-refractivity contribution is -0.121. The molecule has 2 heterocycles. The number of pyridine rings is 2. The maximum absolute atomic E-state index is 12.2. The Bertz CT molecular complexity index is 1000. The second-order valence-electron chi connectivity index (χ2n) is 6.85. The first-order chi connectivity index (χ1) is 13.0. The van der Waals surface area contributed by atoms with Crippen molar-refractivity contribution in [3.63, 3.8) is 0 Å². The van der Waals surface area contributed by atoms with Gasteiger partial charge in [0, 0.05) is 34.8 Å². The molecule has 2 aromatic heterocycles. The Morgan fingerprint density at radius 1 is 1.41 bits per heavy atom. The molecular formula is C22H26N4O. The summed E-state index contributed by atoms with van der Waals surface area (Å²) in [5, 5.41) is 4.84. The van der Waals surface area contributed by atoms with Crippen molar-refractivity contribution in [2.45, 2.75) is 40.0 Å². The number of anilines is 1. The SMILES string of the molecule is C/C=c1/c(N)nc(-c2cnccc2C)c/c1=C/C(=C/CC)NC(=O)C1CC1. The lowest BCUT2D eigenvalue weighted by atomic mass is 10.1. The molecule has 3 N–H and O–H groups in total. The van der Waals surface area contributed by atoms with Crippen LogP contribution in [0.1, 0.15) is 38.7 Å². The number of aromatic nitrogens is 2. The average Bonchev–Trinajstić information content (AvgIpc) is 3.47. The number of aryl methyl sites for hydroxylation is 1. The predicted octanol–water partition coefficient (Wildman–Crippen LogP) is 2.44. The second-order valence-corrected chi connectivity index (χ2v) is 6.85. The molecule has 0 aliphatic heterocycles. The highest BCUT2D eigenvalue weighted by atomic mass is 16.2. The summed E-state index contributed by atoms with van der Waals surface area (Å²) in [6.07, 6.45) is 12.3. The van der Waals surface area contributed by atoms with Crippen LogP contribution < -0.4 is 21.5 Å². The highest BCUT2D eigenvalue weighted by Crippen LogP contribution is 2.29. The van der Waals surface area contributed by atoms with E-state index < -0.39 is 0 Å². The summed E-state index contributed by atoms with van der Waals surface area (Å²) in [5.74, 6) is 0.721. The van der Waals surface area contributed by atoms with Crippen LogP contribution in [0, 0.1) is 12.8 Å². The van der Waals surface area contributed by atoms with Gasteiger partial charge in [0.2, 0.25) is 5.91 Å². The molecule has 2 aromatic rings. The zero-order chi connectivity index (χ0) is 19.4. The number of allylic oxidation sites excluding steroid dienone is 2. The van der Waals surface area contributed by atoms with E-state index in [0.717, 1.165) is 52.2 Å². The highest BCUT2D eigenvalue weighted by Gasteiger charge is 2.29. The summed E-state index contributed by atoms with van der Waals surface area (Å²) in [6, 6.07) is 3.96. The van der Waals surface area contributed by atoms with E-state index in [2.05, 4.69) is 22.2 Å². The van der Waals surface area contributed by atoms with Crippen LogP contribution in [0.25, 0.3) is 23.4 Å². The number of nitrogens with two attached hydrogens (primary N) is 1. The van der Waals surface area contributed by atoms with Gasteiger partial charge < -0.3 is 11.1 Å². The van der Waals surface area contributed by atoms with Crippen molar-refractivity contribution in [3.8, 4) is 11.3 Å². The summed E-state index contributed by atoms with van der Waals surface area (Å²) < 4.78 is 0. The van der Waals surface area contributed by atoms with E-state index in [-0.39, 0.29) is 11.8 Å². The predicted molar refractivity (Wildman–Crippen MR) is 110 cm³/mol. The molecule has 1 aliphatic rings. The van der Waals surface area contributed by atoms with Gasteiger partial charge in [0.15, 0.2) is 0 Å². The van der Waals surface area contributed by atoms with Gasteiger partial charge in [-0.3, -0.25) is 9.78 Å². The number of nitrogens with one attached hydrogen (secondary N) is 1. The minimum Gasteiger partial charge on any atom is -0.383 e. The van der Waals surface area contributed by atoms with Crippen molar-refractivity contribution in [1.29, 1.82) is 0 Å². The number of carbonyl (C=O) groups is 1. The van der Waals surface area contributed by atoms with Gasteiger partial charge in [0.25, 0.3) is 0 Å². The summed E-state index contributed by atoms with van der Waals surface area (Å²) >= 11 is 0. The van der Waals surface area contributed by atoms with E-state index in [1.54, 1.807) is 12.4 Å². The molecular weight excluding hydrogens is 336 g/mol. The third kappa shape index (κ3) is 4.42. The Hall–Kier alpha value is -2.95. The van der Waals surface area contributed by atoms with Gasteiger partial charge in [-0.2, -0.15) is 0 Å². The van der Waals surface area contributed by atoms with E-state index in [1.165, 1.54) is 0 Å². The van der Waals surface area contributed by atoms with Crippen LogP contribution in [-0.2, 0) is 4.79 Å². The molecule has 0 aromatic carbocycles. The molecule has 3 rings (SSSR count).